The van der Waals surface area contributed by atoms with Gasteiger partial charge >= 0.3 is 6.03 Å². The maximum atomic E-state index is 12.1. The van der Waals surface area contributed by atoms with E-state index in [2.05, 4.69) is 10.6 Å². The molecule has 0 spiro atoms. The van der Waals surface area contributed by atoms with E-state index in [9.17, 15) is 9.59 Å². The Morgan fingerprint density at radius 2 is 2.18 bits per heavy atom. The molecule has 1 heterocycles. The van der Waals surface area contributed by atoms with Crippen LogP contribution in [-0.2, 0) is 9.47 Å². The lowest BCUT2D eigenvalue weighted by Gasteiger charge is -2.19. The molecule has 1 aliphatic heterocycles. The van der Waals surface area contributed by atoms with Crippen molar-refractivity contribution in [2.24, 2.45) is 5.73 Å². The van der Waals surface area contributed by atoms with Gasteiger partial charge in [-0.15, -0.1) is 0 Å². The lowest BCUT2D eigenvalue weighted by atomic mass is 10.1. The maximum Gasteiger partial charge on any atom is 0.319 e. The van der Waals surface area contributed by atoms with Gasteiger partial charge in [0.2, 0.25) is 5.91 Å². The normalized spacial score (nSPS) is 20.6. The van der Waals surface area contributed by atoms with Crippen molar-refractivity contribution in [2.75, 3.05) is 25.1 Å². The lowest BCUT2D eigenvalue weighted by molar-refractivity contribution is 0.0428. The Morgan fingerprint density at radius 3 is 2.82 bits per heavy atom. The fraction of sp³-hybridized carbons (Fsp3) is 0.467. The molecule has 1 aromatic carbocycles. The van der Waals surface area contributed by atoms with Gasteiger partial charge in [-0.3, -0.25) is 4.79 Å². The summed E-state index contributed by atoms with van der Waals surface area (Å²) in [6, 6.07) is 4.35. The van der Waals surface area contributed by atoms with Crippen molar-refractivity contribution in [3.63, 3.8) is 0 Å². The molecule has 3 amide bonds. The number of benzene rings is 1. The summed E-state index contributed by atoms with van der Waals surface area (Å²) < 4.78 is 10.8. The predicted octanol–water partition coefficient (Wildman–Crippen LogP) is 1.02. The average Bonchev–Trinajstić information content (AvgIpc) is 2.88. The summed E-state index contributed by atoms with van der Waals surface area (Å²) >= 11 is 0. The number of primary amides is 1. The third-order valence-electron chi connectivity index (χ3n) is 3.48. The smallest absolute Gasteiger partial charge is 0.319 e. The van der Waals surface area contributed by atoms with Crippen LogP contribution in [-0.4, -0.2) is 43.9 Å². The van der Waals surface area contributed by atoms with Crippen LogP contribution >= 0.6 is 0 Å². The molecule has 1 saturated heterocycles. The molecule has 2 rings (SSSR count). The number of anilines is 1. The topological polar surface area (TPSA) is 103 Å². The molecule has 0 bridgehead atoms. The summed E-state index contributed by atoms with van der Waals surface area (Å²) in [7, 11) is 0. The molecule has 0 aliphatic carbocycles. The first-order valence-electron chi connectivity index (χ1n) is 7.18. The van der Waals surface area contributed by atoms with E-state index in [1.54, 1.807) is 25.1 Å². The molecule has 1 fully saturated rings. The van der Waals surface area contributed by atoms with Crippen LogP contribution < -0.4 is 16.4 Å². The fourth-order valence-electron chi connectivity index (χ4n) is 2.33. The van der Waals surface area contributed by atoms with Gasteiger partial charge in [0.05, 0.1) is 19.3 Å². The van der Waals surface area contributed by atoms with Crippen LogP contribution in [0.3, 0.4) is 0 Å². The SMILES string of the molecule is CCO[C@H]1COC[C@@H]1NC(=O)Nc1ccc(C(N)=O)cc1C. The Hall–Kier alpha value is -2.12. The van der Waals surface area contributed by atoms with Crippen LogP contribution in [0.1, 0.15) is 22.8 Å². The van der Waals surface area contributed by atoms with Crippen molar-refractivity contribution in [2.45, 2.75) is 26.0 Å². The van der Waals surface area contributed by atoms with Gasteiger partial charge in [0.25, 0.3) is 0 Å². The number of nitrogens with two attached hydrogens (primary N) is 1. The molecule has 7 nitrogen and oxygen atoms in total. The minimum Gasteiger partial charge on any atom is -0.376 e. The van der Waals surface area contributed by atoms with E-state index in [1.165, 1.54) is 0 Å². The van der Waals surface area contributed by atoms with E-state index in [0.717, 1.165) is 5.56 Å². The Balaban J connectivity index is 1.96. The number of urea groups is 1. The molecule has 0 aromatic heterocycles. The van der Waals surface area contributed by atoms with Gasteiger partial charge in [0.1, 0.15) is 6.10 Å². The molecule has 7 heteroatoms. The number of carbonyl (C=O) groups is 2. The second kappa shape index (κ2) is 7.24. The van der Waals surface area contributed by atoms with E-state index in [-0.39, 0.29) is 18.2 Å². The molecule has 0 unspecified atom stereocenters. The van der Waals surface area contributed by atoms with Gasteiger partial charge in [-0.2, -0.15) is 0 Å². The van der Waals surface area contributed by atoms with Crippen molar-refractivity contribution in [3.8, 4) is 0 Å². The standard InChI is InChI=1S/C15H21N3O4/c1-3-22-13-8-21-7-12(13)18-15(20)17-11-5-4-10(14(16)19)6-9(11)2/h4-6,12-13H,3,7-8H2,1-2H3,(H2,16,19)(H2,17,18,20)/t12-,13-/m0/s1. The summed E-state index contributed by atoms with van der Waals surface area (Å²) in [5.41, 5.74) is 7.01. The highest BCUT2D eigenvalue weighted by atomic mass is 16.5. The number of amides is 3. The Kier molecular flexibility index (Phi) is 5.35. The zero-order valence-electron chi connectivity index (χ0n) is 12.7. The number of rotatable bonds is 5. The Morgan fingerprint density at radius 1 is 1.41 bits per heavy atom. The molecule has 120 valence electrons. The van der Waals surface area contributed by atoms with Gasteiger partial charge in [0, 0.05) is 17.9 Å². The van der Waals surface area contributed by atoms with Gasteiger partial charge in [0.15, 0.2) is 0 Å². The highest BCUT2D eigenvalue weighted by molar-refractivity contribution is 5.95. The number of carbonyl (C=O) groups excluding carboxylic acids is 2. The number of hydrogen-bond donors (Lipinski definition) is 3. The molecule has 22 heavy (non-hydrogen) atoms. The third-order valence-corrected chi connectivity index (χ3v) is 3.48. The van der Waals surface area contributed by atoms with Gasteiger partial charge < -0.3 is 25.8 Å². The Labute approximate surface area is 129 Å². The maximum absolute atomic E-state index is 12.1. The molecular weight excluding hydrogens is 286 g/mol. The summed E-state index contributed by atoms with van der Waals surface area (Å²) in [4.78, 5) is 23.2. The van der Waals surface area contributed by atoms with E-state index < -0.39 is 5.91 Å². The number of ether oxygens (including phenoxy) is 2. The van der Waals surface area contributed by atoms with E-state index in [1.807, 2.05) is 6.92 Å². The van der Waals surface area contributed by atoms with Gasteiger partial charge in [-0.05, 0) is 37.6 Å². The Bertz CT molecular complexity index is 562. The summed E-state index contributed by atoms with van der Waals surface area (Å²) in [5.74, 6) is -0.498. The van der Waals surface area contributed by atoms with Crippen molar-refractivity contribution < 1.29 is 19.1 Å². The quantitative estimate of drug-likeness (QED) is 0.755. The van der Waals surface area contributed by atoms with Crippen LogP contribution in [0.15, 0.2) is 18.2 Å². The molecule has 0 saturated carbocycles. The average molecular weight is 307 g/mol. The first-order chi connectivity index (χ1) is 10.5. The molecule has 1 aromatic rings. The second-order valence-electron chi connectivity index (χ2n) is 5.13. The monoisotopic (exact) mass is 307 g/mol. The van der Waals surface area contributed by atoms with Crippen LogP contribution in [0.25, 0.3) is 0 Å². The third kappa shape index (κ3) is 3.96. The predicted molar refractivity (Wildman–Crippen MR) is 81.9 cm³/mol. The summed E-state index contributed by atoms with van der Waals surface area (Å²) in [5, 5.41) is 5.59. The number of hydrogen-bond acceptors (Lipinski definition) is 4. The first kappa shape index (κ1) is 16.3. The van der Waals surface area contributed by atoms with Crippen molar-refractivity contribution in [1.82, 2.24) is 5.32 Å². The van der Waals surface area contributed by atoms with E-state index in [0.29, 0.717) is 31.1 Å². The molecule has 4 N–H and O–H groups in total. The van der Waals surface area contributed by atoms with Crippen LogP contribution in [0.4, 0.5) is 10.5 Å². The number of nitrogens with one attached hydrogen (secondary N) is 2. The minimum atomic E-state index is -0.498. The largest absolute Gasteiger partial charge is 0.376 e. The van der Waals surface area contributed by atoms with E-state index in [4.69, 9.17) is 15.2 Å². The van der Waals surface area contributed by atoms with Crippen LogP contribution in [0.5, 0.6) is 0 Å². The lowest BCUT2D eigenvalue weighted by Crippen LogP contribution is -2.45. The fourth-order valence-corrected chi connectivity index (χ4v) is 2.33. The van der Waals surface area contributed by atoms with Crippen LogP contribution in [0.2, 0.25) is 0 Å². The van der Waals surface area contributed by atoms with Gasteiger partial charge in [-0.25, -0.2) is 4.79 Å². The molecule has 0 radical (unpaired) electrons. The highest BCUT2D eigenvalue weighted by Crippen LogP contribution is 2.17. The minimum absolute atomic E-state index is 0.130. The molecular formula is C15H21N3O4. The second-order valence-corrected chi connectivity index (χ2v) is 5.13. The van der Waals surface area contributed by atoms with Crippen molar-refractivity contribution >= 4 is 17.6 Å². The van der Waals surface area contributed by atoms with E-state index >= 15 is 0 Å². The molecule has 1 aliphatic rings. The number of aryl methyl sites for hydroxylation is 1. The first-order valence-corrected chi connectivity index (χ1v) is 7.18. The molecule has 2 atom stereocenters. The van der Waals surface area contributed by atoms with Crippen LogP contribution in [0, 0.1) is 6.92 Å². The summed E-state index contributed by atoms with van der Waals surface area (Å²) in [6.07, 6.45) is -0.130. The van der Waals surface area contributed by atoms with Crippen molar-refractivity contribution in [1.29, 1.82) is 0 Å². The summed E-state index contributed by atoms with van der Waals surface area (Å²) in [6.45, 7) is 5.17. The highest BCUT2D eigenvalue weighted by Gasteiger charge is 2.30. The van der Waals surface area contributed by atoms with Gasteiger partial charge in [-0.1, -0.05) is 0 Å². The zero-order chi connectivity index (χ0) is 16.1. The van der Waals surface area contributed by atoms with Crippen molar-refractivity contribution in [3.05, 3.63) is 29.3 Å². The zero-order valence-corrected chi connectivity index (χ0v) is 12.7.